The number of piperidine rings is 1. The van der Waals surface area contributed by atoms with Gasteiger partial charge in [-0.05, 0) is 43.6 Å². The summed E-state index contributed by atoms with van der Waals surface area (Å²) in [6.45, 7) is 1.54. The average molecular weight is 335 g/mol. The first-order valence-electron chi connectivity index (χ1n) is 8.57. The quantitative estimate of drug-likeness (QED) is 0.852. The van der Waals surface area contributed by atoms with Crippen molar-refractivity contribution in [1.29, 1.82) is 0 Å². The second-order valence-electron chi connectivity index (χ2n) is 6.91. The zero-order valence-electron chi connectivity index (χ0n) is 13.5. The number of hydrogen-bond donors (Lipinski definition) is 0. The van der Waals surface area contributed by atoms with Crippen LogP contribution in [-0.4, -0.2) is 43.8 Å². The second-order valence-corrected chi connectivity index (χ2v) is 9.14. The Hall–Kier alpha value is -1.36. The number of carbonyl (C=O) groups excluding carboxylic acids is 1. The van der Waals surface area contributed by atoms with Gasteiger partial charge in [-0.3, -0.25) is 4.79 Å². The van der Waals surface area contributed by atoms with E-state index < -0.39 is 9.84 Å². The van der Waals surface area contributed by atoms with Gasteiger partial charge in [-0.25, -0.2) is 8.42 Å². The maximum atomic E-state index is 12.6. The van der Waals surface area contributed by atoms with Crippen LogP contribution in [0.2, 0.25) is 0 Å². The molecule has 1 amide bonds. The van der Waals surface area contributed by atoms with Gasteiger partial charge in [-0.1, -0.05) is 30.3 Å². The molecule has 0 spiro atoms. The largest absolute Gasteiger partial charge is 0.342 e. The number of rotatable bonds is 3. The van der Waals surface area contributed by atoms with Crippen molar-refractivity contribution in [2.24, 2.45) is 11.8 Å². The van der Waals surface area contributed by atoms with Gasteiger partial charge >= 0.3 is 0 Å². The van der Waals surface area contributed by atoms with Gasteiger partial charge in [-0.2, -0.15) is 0 Å². The van der Waals surface area contributed by atoms with Crippen molar-refractivity contribution in [3.8, 4) is 0 Å². The molecule has 2 aliphatic heterocycles. The van der Waals surface area contributed by atoms with Crippen LogP contribution >= 0.6 is 0 Å². The molecule has 23 heavy (non-hydrogen) atoms. The Kier molecular flexibility index (Phi) is 5.05. The van der Waals surface area contributed by atoms with Crippen molar-refractivity contribution in [2.75, 3.05) is 24.6 Å². The fraction of sp³-hybridized carbons (Fsp3) is 0.611. The SMILES string of the molecule is O=C(C1CCCS(=O)(=O)C1)N1CCC(Cc2ccccc2)CC1. The van der Waals surface area contributed by atoms with Gasteiger partial charge in [0.2, 0.25) is 5.91 Å². The second kappa shape index (κ2) is 7.04. The number of amides is 1. The molecule has 0 aromatic heterocycles. The summed E-state index contributed by atoms with van der Waals surface area (Å²) >= 11 is 0. The summed E-state index contributed by atoms with van der Waals surface area (Å²) in [7, 11) is -3.01. The lowest BCUT2D eigenvalue weighted by Gasteiger charge is -2.35. The molecule has 0 bridgehead atoms. The highest BCUT2D eigenvalue weighted by atomic mass is 32.2. The molecule has 2 heterocycles. The molecule has 0 saturated carbocycles. The smallest absolute Gasteiger partial charge is 0.226 e. The number of carbonyl (C=O) groups is 1. The Morgan fingerprint density at radius 2 is 1.78 bits per heavy atom. The number of sulfone groups is 1. The van der Waals surface area contributed by atoms with Gasteiger partial charge in [0.1, 0.15) is 0 Å². The molecule has 2 fully saturated rings. The van der Waals surface area contributed by atoms with Crippen LogP contribution in [0.1, 0.15) is 31.2 Å². The van der Waals surface area contributed by atoms with Gasteiger partial charge < -0.3 is 4.90 Å². The Bertz CT molecular complexity index is 633. The summed E-state index contributed by atoms with van der Waals surface area (Å²) in [4.78, 5) is 14.5. The van der Waals surface area contributed by atoms with Gasteiger partial charge in [0, 0.05) is 13.1 Å². The van der Waals surface area contributed by atoms with E-state index in [9.17, 15) is 13.2 Å². The zero-order valence-corrected chi connectivity index (χ0v) is 14.3. The Balaban J connectivity index is 1.51. The van der Waals surface area contributed by atoms with E-state index in [4.69, 9.17) is 0 Å². The lowest BCUT2D eigenvalue weighted by atomic mass is 9.89. The summed E-state index contributed by atoms with van der Waals surface area (Å²) in [5.74, 6) is 0.675. The van der Waals surface area contributed by atoms with E-state index in [2.05, 4.69) is 24.3 Å². The minimum absolute atomic E-state index is 0.0514. The van der Waals surface area contributed by atoms with Crippen LogP contribution in [0.3, 0.4) is 0 Å². The highest BCUT2D eigenvalue weighted by Crippen LogP contribution is 2.25. The molecule has 0 aliphatic carbocycles. The van der Waals surface area contributed by atoms with Crippen molar-refractivity contribution < 1.29 is 13.2 Å². The lowest BCUT2D eigenvalue weighted by Crippen LogP contribution is -2.45. The van der Waals surface area contributed by atoms with Crippen molar-refractivity contribution >= 4 is 15.7 Å². The van der Waals surface area contributed by atoms with E-state index >= 15 is 0 Å². The Labute approximate surface area is 138 Å². The average Bonchev–Trinajstić information content (AvgIpc) is 2.55. The first-order valence-corrected chi connectivity index (χ1v) is 10.4. The predicted octanol–water partition coefficient (Wildman–Crippen LogP) is 2.29. The summed E-state index contributed by atoms with van der Waals surface area (Å²) in [6, 6.07) is 10.5. The molecule has 0 radical (unpaired) electrons. The third-order valence-corrected chi connectivity index (χ3v) is 6.93. The zero-order chi connectivity index (χ0) is 16.3. The maximum Gasteiger partial charge on any atom is 0.226 e. The van der Waals surface area contributed by atoms with Gasteiger partial charge in [-0.15, -0.1) is 0 Å². The maximum absolute atomic E-state index is 12.6. The summed E-state index contributed by atoms with van der Waals surface area (Å²) < 4.78 is 23.5. The van der Waals surface area contributed by atoms with E-state index in [1.54, 1.807) is 0 Å². The molecule has 1 atom stereocenters. The fourth-order valence-electron chi connectivity index (χ4n) is 3.78. The number of benzene rings is 1. The highest BCUT2D eigenvalue weighted by molar-refractivity contribution is 7.91. The van der Waals surface area contributed by atoms with Crippen molar-refractivity contribution in [1.82, 2.24) is 4.90 Å². The van der Waals surface area contributed by atoms with Crippen LogP contribution < -0.4 is 0 Å². The number of likely N-dealkylation sites (tertiary alicyclic amines) is 1. The van der Waals surface area contributed by atoms with E-state index in [0.717, 1.165) is 38.8 Å². The van der Waals surface area contributed by atoms with E-state index in [-0.39, 0.29) is 23.3 Å². The Morgan fingerprint density at radius 3 is 2.43 bits per heavy atom. The number of nitrogens with zero attached hydrogens (tertiary/aromatic N) is 1. The van der Waals surface area contributed by atoms with Crippen molar-refractivity contribution in [2.45, 2.75) is 32.1 Å². The number of hydrogen-bond acceptors (Lipinski definition) is 3. The fourth-order valence-corrected chi connectivity index (χ4v) is 5.48. The molecule has 1 unspecified atom stereocenters. The van der Waals surface area contributed by atoms with Gasteiger partial charge in [0.25, 0.3) is 0 Å². The van der Waals surface area contributed by atoms with E-state index in [0.29, 0.717) is 12.3 Å². The molecule has 1 aromatic rings. The van der Waals surface area contributed by atoms with Gasteiger partial charge in [0.05, 0.1) is 17.4 Å². The van der Waals surface area contributed by atoms with Crippen LogP contribution in [0.4, 0.5) is 0 Å². The molecule has 4 nitrogen and oxygen atoms in total. The molecule has 2 aliphatic rings. The Morgan fingerprint density at radius 1 is 1.09 bits per heavy atom. The summed E-state index contributed by atoms with van der Waals surface area (Å²) in [5.41, 5.74) is 1.36. The van der Waals surface area contributed by atoms with Crippen LogP contribution in [-0.2, 0) is 21.1 Å². The van der Waals surface area contributed by atoms with Gasteiger partial charge in [0.15, 0.2) is 9.84 Å². The van der Waals surface area contributed by atoms with E-state index in [1.165, 1.54) is 5.56 Å². The van der Waals surface area contributed by atoms with Crippen molar-refractivity contribution in [3.05, 3.63) is 35.9 Å². The topological polar surface area (TPSA) is 54.5 Å². The lowest BCUT2D eigenvalue weighted by molar-refractivity contribution is -0.136. The normalized spacial score (nSPS) is 25.2. The van der Waals surface area contributed by atoms with Crippen LogP contribution in [0.5, 0.6) is 0 Å². The molecule has 3 rings (SSSR count). The van der Waals surface area contributed by atoms with Crippen molar-refractivity contribution in [3.63, 3.8) is 0 Å². The van der Waals surface area contributed by atoms with Crippen LogP contribution in [0.15, 0.2) is 30.3 Å². The summed E-state index contributed by atoms with van der Waals surface area (Å²) in [6.07, 6.45) is 4.45. The first-order chi connectivity index (χ1) is 11.0. The van der Waals surface area contributed by atoms with Crippen LogP contribution in [0, 0.1) is 11.8 Å². The standard InChI is InChI=1S/C18H25NO3S/c20-18(17-7-4-12-23(21,22)14-17)19-10-8-16(9-11-19)13-15-5-2-1-3-6-15/h1-3,5-6,16-17H,4,7-14H2. The minimum atomic E-state index is -3.01. The molecular weight excluding hydrogens is 310 g/mol. The monoisotopic (exact) mass is 335 g/mol. The predicted molar refractivity (Wildman–Crippen MR) is 90.8 cm³/mol. The highest BCUT2D eigenvalue weighted by Gasteiger charge is 2.33. The molecular formula is C18H25NO3S. The molecule has 5 heteroatoms. The molecule has 1 aromatic carbocycles. The summed E-state index contributed by atoms with van der Waals surface area (Å²) in [5, 5.41) is 0. The first kappa shape index (κ1) is 16.5. The molecule has 126 valence electrons. The van der Waals surface area contributed by atoms with E-state index in [1.807, 2.05) is 11.0 Å². The third kappa shape index (κ3) is 4.34. The third-order valence-electron chi connectivity index (χ3n) is 5.11. The minimum Gasteiger partial charge on any atom is -0.342 e. The molecule has 0 N–H and O–H groups in total. The molecule has 2 saturated heterocycles. The van der Waals surface area contributed by atoms with Crippen LogP contribution in [0.25, 0.3) is 0 Å².